The van der Waals surface area contributed by atoms with E-state index in [4.69, 9.17) is 0 Å². The summed E-state index contributed by atoms with van der Waals surface area (Å²) in [6, 6.07) is 14.3. The second kappa shape index (κ2) is 6.45. The van der Waals surface area contributed by atoms with Crippen molar-refractivity contribution < 1.29 is 9.59 Å². The van der Waals surface area contributed by atoms with Gasteiger partial charge in [0.1, 0.15) is 0 Å². The number of nitrogens with one attached hydrogen (secondary N) is 1. The molecule has 0 spiro atoms. The molecule has 0 radical (unpaired) electrons. The molecular weight excluding hydrogens is 304 g/mol. The van der Waals surface area contributed by atoms with Crippen molar-refractivity contribution >= 4 is 23.1 Å². The van der Waals surface area contributed by atoms with Crippen molar-refractivity contribution in [3.8, 4) is 5.69 Å². The van der Waals surface area contributed by atoms with Crippen LogP contribution < -0.4 is 5.32 Å². The van der Waals surface area contributed by atoms with E-state index in [1.54, 1.807) is 35.1 Å². The van der Waals surface area contributed by atoms with Crippen molar-refractivity contribution in [2.24, 2.45) is 0 Å². The molecule has 0 aliphatic rings. The number of benzene rings is 2. The number of rotatable bonds is 5. The van der Waals surface area contributed by atoms with Crippen LogP contribution in [0, 0.1) is 0 Å². The van der Waals surface area contributed by atoms with Gasteiger partial charge in [-0.05, 0) is 62.4 Å². The molecule has 1 heterocycles. The number of hydrogen-bond acceptors (Lipinski definition) is 5. The summed E-state index contributed by atoms with van der Waals surface area (Å²) < 4.78 is 1.64. The van der Waals surface area contributed by atoms with Crippen LogP contribution in [0.15, 0.2) is 54.7 Å². The van der Waals surface area contributed by atoms with Gasteiger partial charge in [0.25, 0.3) is 0 Å². The van der Waals surface area contributed by atoms with Crippen LogP contribution in [0.25, 0.3) is 5.69 Å². The number of aromatic nitrogens is 3. The summed E-state index contributed by atoms with van der Waals surface area (Å²) in [6.45, 7) is 3.06. The van der Waals surface area contributed by atoms with E-state index < -0.39 is 0 Å². The zero-order chi connectivity index (χ0) is 17.1. The van der Waals surface area contributed by atoms with Crippen molar-refractivity contribution in [3.05, 3.63) is 65.9 Å². The van der Waals surface area contributed by atoms with E-state index in [0.717, 1.165) is 11.4 Å². The Labute approximate surface area is 139 Å². The second-order valence-electron chi connectivity index (χ2n) is 5.39. The van der Waals surface area contributed by atoms with Gasteiger partial charge in [0, 0.05) is 16.8 Å². The van der Waals surface area contributed by atoms with Crippen LogP contribution in [0.4, 0.5) is 11.5 Å². The van der Waals surface area contributed by atoms with Gasteiger partial charge in [0.05, 0.1) is 11.9 Å². The second-order valence-corrected chi connectivity index (χ2v) is 5.39. The van der Waals surface area contributed by atoms with Crippen LogP contribution in [0.2, 0.25) is 0 Å². The molecule has 0 aliphatic carbocycles. The van der Waals surface area contributed by atoms with E-state index in [0.29, 0.717) is 16.9 Å². The highest BCUT2D eigenvalue weighted by atomic mass is 16.1. The lowest BCUT2D eigenvalue weighted by Crippen LogP contribution is -2.03. The maximum absolute atomic E-state index is 11.4. The van der Waals surface area contributed by atoms with Crippen LogP contribution in [0.5, 0.6) is 0 Å². The van der Waals surface area contributed by atoms with Gasteiger partial charge in [-0.15, -0.1) is 5.10 Å². The van der Waals surface area contributed by atoms with E-state index in [9.17, 15) is 9.59 Å². The molecule has 0 bridgehead atoms. The third-order valence-corrected chi connectivity index (χ3v) is 3.63. The molecule has 6 nitrogen and oxygen atoms in total. The molecule has 0 fully saturated rings. The molecule has 3 rings (SSSR count). The van der Waals surface area contributed by atoms with Crippen LogP contribution in [-0.2, 0) is 0 Å². The largest absolute Gasteiger partial charge is 0.339 e. The quantitative estimate of drug-likeness (QED) is 0.729. The Hall–Kier alpha value is -3.28. The normalized spacial score (nSPS) is 10.4. The number of hydrogen-bond donors (Lipinski definition) is 1. The van der Waals surface area contributed by atoms with Crippen molar-refractivity contribution in [1.82, 2.24) is 15.0 Å². The van der Waals surface area contributed by atoms with Gasteiger partial charge in [-0.2, -0.15) is 4.68 Å². The minimum atomic E-state index is 0.0176. The molecule has 0 amide bonds. The van der Waals surface area contributed by atoms with Crippen LogP contribution in [0.1, 0.15) is 34.6 Å². The Morgan fingerprint density at radius 3 is 1.96 bits per heavy atom. The first kappa shape index (κ1) is 15.6. The SMILES string of the molecule is CC(=O)c1ccc(Nc2cnnn2-c2ccc(C(C)=O)cc2)cc1. The molecule has 6 heteroatoms. The Bertz CT molecular complexity index is 880. The lowest BCUT2D eigenvalue weighted by molar-refractivity contribution is 0.100. The Morgan fingerprint density at radius 1 is 0.875 bits per heavy atom. The van der Waals surface area contributed by atoms with E-state index in [1.165, 1.54) is 13.8 Å². The third kappa shape index (κ3) is 3.22. The molecule has 0 atom stereocenters. The number of carbonyl (C=O) groups excluding carboxylic acids is 2. The summed E-state index contributed by atoms with van der Waals surface area (Å²) in [6.07, 6.45) is 1.61. The first-order valence-electron chi connectivity index (χ1n) is 7.45. The summed E-state index contributed by atoms with van der Waals surface area (Å²) in [7, 11) is 0. The predicted molar refractivity (Wildman–Crippen MR) is 91.1 cm³/mol. The fourth-order valence-corrected chi connectivity index (χ4v) is 2.28. The summed E-state index contributed by atoms with van der Waals surface area (Å²) >= 11 is 0. The smallest absolute Gasteiger partial charge is 0.159 e. The predicted octanol–water partition coefficient (Wildman–Crippen LogP) is 3.42. The highest BCUT2D eigenvalue weighted by Gasteiger charge is 2.08. The number of Topliss-reactive ketones (excluding diaryl/α,β-unsaturated/α-hetero) is 2. The molecular formula is C18H16N4O2. The summed E-state index contributed by atoms with van der Waals surface area (Å²) in [4.78, 5) is 22.7. The molecule has 3 aromatic rings. The van der Waals surface area contributed by atoms with Crippen LogP contribution >= 0.6 is 0 Å². The van der Waals surface area contributed by atoms with Crippen molar-refractivity contribution in [2.75, 3.05) is 5.32 Å². The van der Waals surface area contributed by atoms with Gasteiger partial charge in [-0.1, -0.05) is 5.21 Å². The minimum absolute atomic E-state index is 0.0176. The third-order valence-electron chi connectivity index (χ3n) is 3.63. The molecule has 2 aromatic carbocycles. The summed E-state index contributed by atoms with van der Waals surface area (Å²) in [5, 5.41) is 11.2. The van der Waals surface area contributed by atoms with E-state index >= 15 is 0 Å². The van der Waals surface area contributed by atoms with Gasteiger partial charge in [-0.3, -0.25) is 9.59 Å². The van der Waals surface area contributed by atoms with Crippen LogP contribution in [0.3, 0.4) is 0 Å². The molecule has 120 valence electrons. The monoisotopic (exact) mass is 320 g/mol. The van der Waals surface area contributed by atoms with Gasteiger partial charge in [0.15, 0.2) is 17.4 Å². The molecule has 1 N–H and O–H groups in total. The molecule has 0 saturated carbocycles. The first-order valence-corrected chi connectivity index (χ1v) is 7.45. The fraction of sp³-hybridized carbons (Fsp3) is 0.111. The van der Waals surface area contributed by atoms with Gasteiger partial charge in [-0.25, -0.2) is 0 Å². The average molecular weight is 320 g/mol. The summed E-state index contributed by atoms with van der Waals surface area (Å²) in [5.41, 5.74) is 2.92. The highest BCUT2D eigenvalue weighted by molar-refractivity contribution is 5.94. The van der Waals surface area contributed by atoms with Gasteiger partial charge < -0.3 is 5.32 Å². The van der Waals surface area contributed by atoms with E-state index in [-0.39, 0.29) is 11.6 Å². The average Bonchev–Trinajstić information content (AvgIpc) is 3.03. The van der Waals surface area contributed by atoms with Crippen molar-refractivity contribution in [3.63, 3.8) is 0 Å². The van der Waals surface area contributed by atoms with E-state index in [2.05, 4.69) is 15.6 Å². The zero-order valence-corrected chi connectivity index (χ0v) is 13.4. The minimum Gasteiger partial charge on any atom is -0.339 e. The topological polar surface area (TPSA) is 76.9 Å². The van der Waals surface area contributed by atoms with Gasteiger partial charge in [0.2, 0.25) is 0 Å². The van der Waals surface area contributed by atoms with Crippen molar-refractivity contribution in [2.45, 2.75) is 13.8 Å². The highest BCUT2D eigenvalue weighted by Crippen LogP contribution is 2.20. The lowest BCUT2D eigenvalue weighted by atomic mass is 10.1. The fourth-order valence-electron chi connectivity index (χ4n) is 2.28. The molecule has 0 unspecified atom stereocenters. The Balaban J connectivity index is 1.84. The first-order chi connectivity index (χ1) is 11.5. The number of ketones is 2. The van der Waals surface area contributed by atoms with Crippen LogP contribution in [-0.4, -0.2) is 26.6 Å². The zero-order valence-electron chi connectivity index (χ0n) is 13.4. The Morgan fingerprint density at radius 2 is 1.42 bits per heavy atom. The number of anilines is 2. The molecule has 24 heavy (non-hydrogen) atoms. The number of nitrogens with zero attached hydrogens (tertiary/aromatic N) is 3. The molecule has 0 aliphatic heterocycles. The maximum atomic E-state index is 11.4. The molecule has 1 aromatic heterocycles. The number of carbonyl (C=O) groups is 2. The summed E-state index contributed by atoms with van der Waals surface area (Å²) in [5.74, 6) is 0.726. The standard InChI is InChI=1S/C18H16N4O2/c1-12(23)14-3-7-16(8-4-14)20-18-11-19-21-22(18)17-9-5-15(6-10-17)13(2)24/h3-11,20H,1-2H3. The lowest BCUT2D eigenvalue weighted by Gasteiger charge is -2.09. The van der Waals surface area contributed by atoms with Gasteiger partial charge >= 0.3 is 0 Å². The van der Waals surface area contributed by atoms with Crippen molar-refractivity contribution in [1.29, 1.82) is 0 Å². The molecule has 0 saturated heterocycles. The maximum Gasteiger partial charge on any atom is 0.159 e. The van der Waals surface area contributed by atoms with E-state index in [1.807, 2.05) is 24.3 Å². The Kier molecular flexibility index (Phi) is 4.20.